The molecule has 6 aromatic rings. The van der Waals surface area contributed by atoms with Crippen LogP contribution in [0, 0.1) is 0 Å². The van der Waals surface area contributed by atoms with Gasteiger partial charge in [0.25, 0.3) is 0 Å². The molecule has 0 aromatic heterocycles. The molecule has 2 heterocycles. The molecule has 0 N–H and O–H groups in total. The molecular formula is C44H30N2. The monoisotopic (exact) mass is 586 g/mol. The van der Waals surface area contributed by atoms with Crippen molar-refractivity contribution < 1.29 is 0 Å². The lowest BCUT2D eigenvalue weighted by atomic mass is 9.96. The third-order valence-electron chi connectivity index (χ3n) is 10.2. The quantitative estimate of drug-likeness (QED) is 0.196. The average molecular weight is 587 g/mol. The summed E-state index contributed by atoms with van der Waals surface area (Å²) in [6.45, 7) is 0. The summed E-state index contributed by atoms with van der Waals surface area (Å²) in [7, 11) is 0. The highest BCUT2D eigenvalue weighted by Gasteiger charge is 2.22. The van der Waals surface area contributed by atoms with Gasteiger partial charge < -0.3 is 0 Å². The van der Waals surface area contributed by atoms with Crippen molar-refractivity contribution in [1.82, 2.24) is 0 Å². The van der Waals surface area contributed by atoms with Gasteiger partial charge in [-0.15, -0.1) is 0 Å². The average Bonchev–Trinajstić information content (AvgIpc) is 3.90. The summed E-state index contributed by atoms with van der Waals surface area (Å²) >= 11 is 0. The van der Waals surface area contributed by atoms with Crippen molar-refractivity contribution in [1.29, 1.82) is 0 Å². The Morgan fingerprint density at radius 3 is 1.22 bits per heavy atom. The molecule has 2 aliphatic carbocycles. The van der Waals surface area contributed by atoms with E-state index in [1.54, 1.807) is 0 Å². The summed E-state index contributed by atoms with van der Waals surface area (Å²) in [6.07, 6.45) is 8.38. The van der Waals surface area contributed by atoms with Crippen LogP contribution in [0.1, 0.15) is 55.6 Å². The first kappa shape index (κ1) is 25.7. The van der Waals surface area contributed by atoms with Crippen molar-refractivity contribution in [2.24, 2.45) is 9.98 Å². The van der Waals surface area contributed by atoms with Crippen molar-refractivity contribution in [3.8, 4) is 0 Å². The maximum atomic E-state index is 5.11. The molecular weight excluding hydrogens is 556 g/mol. The van der Waals surface area contributed by atoms with E-state index >= 15 is 0 Å². The van der Waals surface area contributed by atoms with E-state index < -0.39 is 0 Å². The molecule has 0 amide bonds. The Kier molecular flexibility index (Phi) is 5.56. The molecule has 0 radical (unpaired) electrons. The Morgan fingerprint density at radius 1 is 0.370 bits per heavy atom. The molecule has 2 heteroatoms. The minimum atomic E-state index is 0.859. The van der Waals surface area contributed by atoms with Gasteiger partial charge in [0.1, 0.15) is 0 Å². The van der Waals surface area contributed by atoms with Gasteiger partial charge in [-0.3, -0.25) is 9.98 Å². The topological polar surface area (TPSA) is 24.7 Å². The van der Waals surface area contributed by atoms with E-state index in [-0.39, 0.29) is 0 Å². The molecule has 2 aliphatic heterocycles. The smallest absolute Gasteiger partial charge is 0.0675 e. The van der Waals surface area contributed by atoms with Crippen LogP contribution in [-0.2, 0) is 25.7 Å². The summed E-state index contributed by atoms with van der Waals surface area (Å²) in [4.78, 5) is 10.2. The first-order valence-corrected chi connectivity index (χ1v) is 16.2. The number of hydrogen-bond acceptors (Lipinski definition) is 2. The Morgan fingerprint density at radius 2 is 0.783 bits per heavy atom. The van der Waals surface area contributed by atoms with Crippen LogP contribution in [-0.4, -0.2) is 11.4 Å². The van der Waals surface area contributed by atoms with Gasteiger partial charge in [-0.1, -0.05) is 109 Å². The molecule has 0 saturated carbocycles. The number of rotatable bonds is 4. The van der Waals surface area contributed by atoms with Gasteiger partial charge in [0.15, 0.2) is 0 Å². The fourth-order valence-corrected chi connectivity index (χ4v) is 7.66. The van der Waals surface area contributed by atoms with Crippen molar-refractivity contribution in [2.75, 3.05) is 0 Å². The molecule has 0 fully saturated rings. The van der Waals surface area contributed by atoms with E-state index in [2.05, 4.69) is 133 Å². The van der Waals surface area contributed by atoms with Crippen molar-refractivity contribution in [3.05, 3.63) is 177 Å². The summed E-state index contributed by atoms with van der Waals surface area (Å²) in [5, 5.41) is 2.48. The minimum Gasteiger partial charge on any atom is -0.252 e. The van der Waals surface area contributed by atoms with Crippen molar-refractivity contribution >= 4 is 56.9 Å². The second-order valence-corrected chi connectivity index (χ2v) is 13.0. The fourth-order valence-electron chi connectivity index (χ4n) is 7.66. The van der Waals surface area contributed by atoms with Gasteiger partial charge in [0, 0.05) is 12.8 Å². The summed E-state index contributed by atoms with van der Waals surface area (Å²) in [6, 6.07) is 44.6. The largest absolute Gasteiger partial charge is 0.252 e. The lowest BCUT2D eigenvalue weighted by Crippen LogP contribution is -2.00. The highest BCUT2D eigenvalue weighted by Crippen LogP contribution is 2.39. The molecule has 0 bridgehead atoms. The molecule has 0 saturated heterocycles. The van der Waals surface area contributed by atoms with Crippen LogP contribution in [0.4, 0.5) is 11.4 Å². The predicted octanol–water partition coefficient (Wildman–Crippen LogP) is 10.4. The third-order valence-corrected chi connectivity index (χ3v) is 10.2. The molecule has 46 heavy (non-hydrogen) atoms. The number of benzene rings is 6. The third kappa shape index (κ3) is 4.25. The number of hydrogen-bond donors (Lipinski definition) is 0. The Bertz CT molecular complexity index is 2210. The van der Waals surface area contributed by atoms with Crippen LogP contribution in [0.25, 0.3) is 34.1 Å². The van der Waals surface area contributed by atoms with E-state index in [1.165, 1.54) is 77.6 Å². The Hall–Kier alpha value is -5.60. The molecule has 2 nitrogen and oxygen atoms in total. The number of aliphatic imine (C=N–C) groups is 2. The molecule has 10 rings (SSSR count). The molecule has 6 aromatic carbocycles. The second kappa shape index (κ2) is 9.95. The van der Waals surface area contributed by atoms with Crippen LogP contribution < -0.4 is 0 Å². The standard InChI is InChI=1S/C44H30N2/c1-2-6-32-18-35(17-31(32)5-1)27-9-13-29(14-10-27)41-25-39-21-37-24-44-40(22-38(37)23-43(39)45-41)26-42(46-44)30-15-11-28(12-16-30)36-19-33-7-3-4-8-34(33)20-36/h1-17,19,21-24H,18,20,25-26H2. The van der Waals surface area contributed by atoms with E-state index in [9.17, 15) is 0 Å². The number of fused-ring (bicyclic) bond motifs is 5. The lowest BCUT2D eigenvalue weighted by Gasteiger charge is -2.06. The van der Waals surface area contributed by atoms with E-state index in [0.29, 0.717) is 0 Å². The zero-order valence-corrected chi connectivity index (χ0v) is 25.4. The summed E-state index contributed by atoms with van der Waals surface area (Å²) < 4.78 is 0. The van der Waals surface area contributed by atoms with Gasteiger partial charge in [-0.25, -0.2) is 0 Å². The predicted molar refractivity (Wildman–Crippen MR) is 193 cm³/mol. The summed E-state index contributed by atoms with van der Waals surface area (Å²) in [5.74, 6) is 0. The van der Waals surface area contributed by atoms with Gasteiger partial charge in [-0.2, -0.15) is 0 Å². The molecule has 216 valence electrons. The van der Waals surface area contributed by atoms with Gasteiger partial charge in [0.2, 0.25) is 0 Å². The lowest BCUT2D eigenvalue weighted by molar-refractivity contribution is 1.31. The SMILES string of the molecule is C1=C(c2ccc(C3=Nc4cc5cc6c(cc5cc4C3)N=C(c3ccc(C4=Cc5ccccc5C4)cc3)C6)cc2)Cc2ccccc21. The normalized spacial score (nSPS) is 15.6. The molecule has 4 aliphatic rings. The van der Waals surface area contributed by atoms with Gasteiger partial charge in [0.05, 0.1) is 22.8 Å². The van der Waals surface area contributed by atoms with E-state index in [1.807, 2.05) is 0 Å². The minimum absolute atomic E-state index is 0.859. The summed E-state index contributed by atoms with van der Waals surface area (Å²) in [5.41, 5.74) is 20.4. The van der Waals surface area contributed by atoms with E-state index in [4.69, 9.17) is 9.98 Å². The zero-order valence-electron chi connectivity index (χ0n) is 25.4. The number of allylic oxidation sites excluding steroid dienone is 2. The fraction of sp³-hybridized carbons (Fsp3) is 0.0909. The molecule has 0 unspecified atom stereocenters. The van der Waals surface area contributed by atoms with Gasteiger partial charge >= 0.3 is 0 Å². The highest BCUT2D eigenvalue weighted by molar-refractivity contribution is 6.10. The first-order chi connectivity index (χ1) is 22.7. The van der Waals surface area contributed by atoms with Crippen LogP contribution in [0.2, 0.25) is 0 Å². The first-order valence-electron chi connectivity index (χ1n) is 16.2. The van der Waals surface area contributed by atoms with Crippen LogP contribution >= 0.6 is 0 Å². The number of nitrogens with zero attached hydrogens (tertiary/aromatic N) is 2. The van der Waals surface area contributed by atoms with Crippen LogP contribution in [0.15, 0.2) is 131 Å². The van der Waals surface area contributed by atoms with Gasteiger partial charge in [-0.05, 0) is 115 Å². The second-order valence-electron chi connectivity index (χ2n) is 13.0. The molecule has 0 spiro atoms. The highest BCUT2D eigenvalue weighted by atomic mass is 14.8. The zero-order chi connectivity index (χ0) is 30.2. The van der Waals surface area contributed by atoms with E-state index in [0.717, 1.165) is 48.5 Å². The van der Waals surface area contributed by atoms with Crippen LogP contribution in [0.3, 0.4) is 0 Å². The maximum absolute atomic E-state index is 5.11. The Balaban J connectivity index is 0.871. The van der Waals surface area contributed by atoms with Crippen LogP contribution in [0.5, 0.6) is 0 Å². The molecule has 0 atom stereocenters. The maximum Gasteiger partial charge on any atom is 0.0675 e. The van der Waals surface area contributed by atoms with Crippen molar-refractivity contribution in [2.45, 2.75) is 25.7 Å². The Labute approximate surface area is 268 Å². The van der Waals surface area contributed by atoms with Crippen molar-refractivity contribution in [3.63, 3.8) is 0 Å².